The molecule has 136 valence electrons. The Balaban J connectivity index is 1.62. The maximum atomic E-state index is 13.3. The van der Waals surface area contributed by atoms with E-state index in [1.54, 1.807) is 21.8 Å². The minimum Gasteiger partial charge on any atom is -0.309 e. The molecule has 1 saturated heterocycles. The summed E-state index contributed by atoms with van der Waals surface area (Å²) in [6.45, 7) is 2.59. The third kappa shape index (κ3) is 2.10. The molecule has 1 amide bonds. The number of amides is 1. The van der Waals surface area contributed by atoms with Gasteiger partial charge in [0.15, 0.2) is 0 Å². The maximum absolute atomic E-state index is 13.3. The molecule has 2 fully saturated rings. The lowest BCUT2D eigenvalue weighted by Crippen LogP contribution is -2.37. The SMILES string of the molecule is C[C@@H]1CN(c2ccnn3cc(-c4ccnn4C)cc23)C(=O)[C@]1(C#N)C1CC1. The summed E-state index contributed by atoms with van der Waals surface area (Å²) in [7, 11) is 1.90. The standard InChI is InChI=1S/C20H20N6O/c1-13-10-25(19(27)20(13,12-21)15-3-4-15)17-6-8-23-26-11-14(9-18(17)26)16-5-7-22-24(16)2/h5-9,11,13,15H,3-4,10H2,1-2H3/t13-,20+/m1/s1. The molecule has 1 saturated carbocycles. The molecule has 4 heterocycles. The Morgan fingerprint density at radius 2 is 2.04 bits per heavy atom. The van der Waals surface area contributed by atoms with Gasteiger partial charge in [0.25, 0.3) is 0 Å². The van der Waals surface area contributed by atoms with E-state index in [0.717, 1.165) is 35.3 Å². The fraction of sp³-hybridized carbons (Fsp3) is 0.400. The predicted octanol–water partition coefficient (Wildman–Crippen LogP) is 2.64. The van der Waals surface area contributed by atoms with E-state index in [1.807, 2.05) is 43.0 Å². The van der Waals surface area contributed by atoms with Gasteiger partial charge in [-0.1, -0.05) is 6.92 Å². The third-order valence-electron chi connectivity index (χ3n) is 6.13. The molecule has 0 N–H and O–H groups in total. The van der Waals surface area contributed by atoms with Crippen molar-refractivity contribution in [3.8, 4) is 17.3 Å². The van der Waals surface area contributed by atoms with Crippen LogP contribution in [0.5, 0.6) is 0 Å². The molecule has 7 heteroatoms. The number of nitrogens with zero attached hydrogens (tertiary/aromatic N) is 6. The van der Waals surface area contributed by atoms with Gasteiger partial charge in [0, 0.05) is 43.7 Å². The zero-order valence-electron chi connectivity index (χ0n) is 15.3. The normalized spacial score (nSPS) is 25.3. The van der Waals surface area contributed by atoms with Crippen molar-refractivity contribution in [3.05, 3.63) is 36.8 Å². The average Bonchev–Trinajstić information content (AvgIpc) is 3.18. The van der Waals surface area contributed by atoms with Gasteiger partial charge in [0.1, 0.15) is 5.41 Å². The molecule has 2 aliphatic rings. The number of hydrogen-bond acceptors (Lipinski definition) is 4. The number of anilines is 1. The van der Waals surface area contributed by atoms with Gasteiger partial charge >= 0.3 is 0 Å². The van der Waals surface area contributed by atoms with Crippen molar-refractivity contribution in [3.63, 3.8) is 0 Å². The topological polar surface area (TPSA) is 79.2 Å². The van der Waals surface area contributed by atoms with Crippen LogP contribution in [0.25, 0.3) is 16.8 Å². The second-order valence-electron chi connectivity index (χ2n) is 7.69. The molecule has 27 heavy (non-hydrogen) atoms. The molecule has 0 unspecified atom stereocenters. The van der Waals surface area contributed by atoms with Crippen LogP contribution in [0.3, 0.4) is 0 Å². The molecule has 7 nitrogen and oxygen atoms in total. The Morgan fingerprint density at radius 1 is 1.26 bits per heavy atom. The molecule has 0 spiro atoms. The van der Waals surface area contributed by atoms with Crippen molar-refractivity contribution in [2.75, 3.05) is 11.4 Å². The van der Waals surface area contributed by atoms with E-state index in [1.165, 1.54) is 0 Å². The van der Waals surface area contributed by atoms with Crippen molar-refractivity contribution in [1.29, 1.82) is 5.26 Å². The number of hydrogen-bond donors (Lipinski definition) is 0. The minimum atomic E-state index is -0.877. The molecule has 2 atom stereocenters. The van der Waals surface area contributed by atoms with E-state index in [2.05, 4.69) is 16.3 Å². The summed E-state index contributed by atoms with van der Waals surface area (Å²) >= 11 is 0. The largest absolute Gasteiger partial charge is 0.309 e. The second kappa shape index (κ2) is 5.43. The van der Waals surface area contributed by atoms with E-state index in [9.17, 15) is 10.1 Å². The quantitative estimate of drug-likeness (QED) is 0.719. The van der Waals surface area contributed by atoms with Gasteiger partial charge in [-0.2, -0.15) is 15.5 Å². The summed E-state index contributed by atoms with van der Waals surface area (Å²) in [5, 5.41) is 18.5. The molecule has 5 rings (SSSR count). The highest BCUT2D eigenvalue weighted by Gasteiger charge is 2.61. The highest BCUT2D eigenvalue weighted by molar-refractivity contribution is 6.05. The first-order valence-electron chi connectivity index (χ1n) is 9.25. The summed E-state index contributed by atoms with van der Waals surface area (Å²) in [6, 6.07) is 8.24. The fourth-order valence-corrected chi connectivity index (χ4v) is 4.53. The average molecular weight is 360 g/mol. The lowest BCUT2D eigenvalue weighted by Gasteiger charge is -2.23. The van der Waals surface area contributed by atoms with Crippen LogP contribution in [0.4, 0.5) is 5.69 Å². The maximum Gasteiger partial charge on any atom is 0.248 e. The van der Waals surface area contributed by atoms with Crippen LogP contribution in [-0.2, 0) is 11.8 Å². The molecule has 3 aromatic rings. The predicted molar refractivity (Wildman–Crippen MR) is 99.7 cm³/mol. The lowest BCUT2D eigenvalue weighted by atomic mass is 9.75. The summed E-state index contributed by atoms with van der Waals surface area (Å²) in [4.78, 5) is 15.1. The number of fused-ring (bicyclic) bond motifs is 1. The van der Waals surface area contributed by atoms with E-state index < -0.39 is 5.41 Å². The molecule has 1 aliphatic heterocycles. The smallest absolute Gasteiger partial charge is 0.248 e. The number of aryl methyl sites for hydroxylation is 1. The van der Waals surface area contributed by atoms with E-state index in [0.29, 0.717) is 6.54 Å². The van der Waals surface area contributed by atoms with E-state index in [-0.39, 0.29) is 17.7 Å². The number of carbonyl (C=O) groups is 1. The molecule has 0 radical (unpaired) electrons. The number of aromatic nitrogens is 4. The Kier molecular flexibility index (Phi) is 3.23. The van der Waals surface area contributed by atoms with Crippen LogP contribution in [0, 0.1) is 28.6 Å². The van der Waals surface area contributed by atoms with Crippen LogP contribution >= 0.6 is 0 Å². The Bertz CT molecular complexity index is 1100. The Morgan fingerprint density at radius 3 is 2.70 bits per heavy atom. The van der Waals surface area contributed by atoms with Gasteiger partial charge < -0.3 is 4.90 Å². The van der Waals surface area contributed by atoms with Crippen molar-refractivity contribution >= 4 is 17.1 Å². The van der Waals surface area contributed by atoms with Crippen molar-refractivity contribution < 1.29 is 4.79 Å². The third-order valence-corrected chi connectivity index (χ3v) is 6.13. The molecule has 0 bridgehead atoms. The zero-order chi connectivity index (χ0) is 18.8. The highest BCUT2D eigenvalue weighted by atomic mass is 16.2. The minimum absolute atomic E-state index is 0.0159. The van der Waals surface area contributed by atoms with Gasteiger partial charge in [0.2, 0.25) is 5.91 Å². The van der Waals surface area contributed by atoms with Gasteiger partial charge in [-0.05, 0) is 37.0 Å². The second-order valence-corrected chi connectivity index (χ2v) is 7.69. The summed E-state index contributed by atoms with van der Waals surface area (Å²) in [5.41, 5.74) is 2.77. The highest BCUT2D eigenvalue weighted by Crippen LogP contribution is 2.54. The number of rotatable bonds is 3. The van der Waals surface area contributed by atoms with Crippen molar-refractivity contribution in [1.82, 2.24) is 19.4 Å². The molecule has 1 aliphatic carbocycles. The van der Waals surface area contributed by atoms with Gasteiger partial charge in [-0.25, -0.2) is 4.52 Å². The monoisotopic (exact) mass is 360 g/mol. The molecular formula is C20H20N6O. The van der Waals surface area contributed by atoms with E-state index in [4.69, 9.17) is 0 Å². The number of nitriles is 1. The van der Waals surface area contributed by atoms with Crippen LogP contribution in [-0.4, -0.2) is 31.8 Å². The first-order chi connectivity index (χ1) is 13.1. The molecule has 3 aromatic heterocycles. The van der Waals surface area contributed by atoms with Crippen LogP contribution in [0.2, 0.25) is 0 Å². The first kappa shape index (κ1) is 16.1. The summed E-state index contributed by atoms with van der Waals surface area (Å²) in [6.07, 6.45) is 7.35. The van der Waals surface area contributed by atoms with Crippen molar-refractivity contribution in [2.24, 2.45) is 24.3 Å². The van der Waals surface area contributed by atoms with Gasteiger partial charge in [0.05, 0.1) is 23.0 Å². The van der Waals surface area contributed by atoms with Gasteiger partial charge in [-0.15, -0.1) is 0 Å². The van der Waals surface area contributed by atoms with Gasteiger partial charge in [-0.3, -0.25) is 9.48 Å². The Hall–Kier alpha value is -3.14. The summed E-state index contributed by atoms with van der Waals surface area (Å²) in [5.74, 6) is 0.156. The zero-order valence-corrected chi connectivity index (χ0v) is 15.3. The first-order valence-corrected chi connectivity index (χ1v) is 9.25. The summed E-state index contributed by atoms with van der Waals surface area (Å²) < 4.78 is 3.60. The number of carbonyl (C=O) groups excluding carboxylic acids is 1. The molecule has 0 aromatic carbocycles. The lowest BCUT2D eigenvalue weighted by molar-refractivity contribution is -0.124. The fourth-order valence-electron chi connectivity index (χ4n) is 4.53. The van der Waals surface area contributed by atoms with E-state index >= 15 is 0 Å². The molecular weight excluding hydrogens is 340 g/mol. The Labute approximate surface area is 156 Å². The van der Waals surface area contributed by atoms with Crippen LogP contribution < -0.4 is 4.90 Å². The van der Waals surface area contributed by atoms with Crippen molar-refractivity contribution in [2.45, 2.75) is 19.8 Å². The van der Waals surface area contributed by atoms with Crippen LogP contribution in [0.15, 0.2) is 36.8 Å². The van der Waals surface area contributed by atoms with Crippen LogP contribution in [0.1, 0.15) is 19.8 Å².